The number of likely N-dealkylation sites (tertiary alicyclic amines) is 1. The van der Waals surface area contributed by atoms with Gasteiger partial charge in [-0.05, 0) is 50.4 Å². The highest BCUT2D eigenvalue weighted by molar-refractivity contribution is 5.91. The number of para-hydroxylation sites is 1. The van der Waals surface area contributed by atoms with Crippen LogP contribution in [0.1, 0.15) is 41.4 Å². The lowest BCUT2D eigenvalue weighted by atomic mass is 10.1. The molecule has 0 saturated carbocycles. The van der Waals surface area contributed by atoms with Crippen molar-refractivity contribution in [3.05, 3.63) is 47.8 Å². The SMILES string of the molecule is CNC(=O)c1ccn([C@@H]2CCCN(CCCOc3ccccc3C)C2)n1. The van der Waals surface area contributed by atoms with Gasteiger partial charge in [-0.1, -0.05) is 18.2 Å². The summed E-state index contributed by atoms with van der Waals surface area (Å²) in [5, 5.41) is 7.06. The standard InChI is InChI=1S/C20H28N4O2/c1-16-7-3-4-9-19(16)26-14-6-12-23-11-5-8-17(15-23)24-13-10-18(22-24)20(25)21-2/h3-4,7,9-10,13,17H,5-6,8,11-12,14-15H2,1-2H3,(H,21,25)/t17-/m1/s1. The average molecular weight is 356 g/mol. The number of aromatic nitrogens is 2. The predicted octanol–water partition coefficient (Wildman–Crippen LogP) is 2.66. The zero-order chi connectivity index (χ0) is 18.4. The molecule has 1 amide bonds. The summed E-state index contributed by atoms with van der Waals surface area (Å²) in [5.41, 5.74) is 1.66. The summed E-state index contributed by atoms with van der Waals surface area (Å²) in [6.07, 6.45) is 5.17. The van der Waals surface area contributed by atoms with Crippen LogP contribution >= 0.6 is 0 Å². The van der Waals surface area contributed by atoms with Crippen LogP contribution in [0.3, 0.4) is 0 Å². The molecule has 2 aromatic rings. The molecule has 26 heavy (non-hydrogen) atoms. The summed E-state index contributed by atoms with van der Waals surface area (Å²) in [5.74, 6) is 0.840. The van der Waals surface area contributed by atoms with Crippen molar-refractivity contribution >= 4 is 5.91 Å². The van der Waals surface area contributed by atoms with Crippen LogP contribution < -0.4 is 10.1 Å². The maximum Gasteiger partial charge on any atom is 0.271 e. The fraction of sp³-hybridized carbons (Fsp3) is 0.500. The Kier molecular flexibility index (Phi) is 6.28. The summed E-state index contributed by atoms with van der Waals surface area (Å²) < 4.78 is 7.84. The third-order valence-corrected chi connectivity index (χ3v) is 4.89. The second-order valence-corrected chi connectivity index (χ2v) is 6.82. The molecule has 0 spiro atoms. The first kappa shape index (κ1) is 18.5. The number of ether oxygens (including phenoxy) is 1. The molecule has 1 aliphatic rings. The Labute approximate surface area is 155 Å². The Morgan fingerprint density at radius 1 is 1.35 bits per heavy atom. The minimum atomic E-state index is -0.134. The maximum absolute atomic E-state index is 11.7. The minimum absolute atomic E-state index is 0.134. The third kappa shape index (κ3) is 4.64. The van der Waals surface area contributed by atoms with E-state index in [1.165, 1.54) is 5.56 Å². The molecule has 0 aliphatic carbocycles. The Balaban J connectivity index is 1.45. The molecule has 0 radical (unpaired) electrons. The van der Waals surface area contributed by atoms with Gasteiger partial charge in [-0.2, -0.15) is 5.10 Å². The highest BCUT2D eigenvalue weighted by atomic mass is 16.5. The van der Waals surface area contributed by atoms with Crippen molar-refractivity contribution < 1.29 is 9.53 Å². The lowest BCUT2D eigenvalue weighted by molar-refractivity contribution is 0.0955. The van der Waals surface area contributed by atoms with Crippen LogP contribution in [0.25, 0.3) is 0 Å². The number of hydrogen-bond acceptors (Lipinski definition) is 4. The number of aryl methyl sites for hydroxylation is 1. The van der Waals surface area contributed by atoms with E-state index < -0.39 is 0 Å². The molecular weight excluding hydrogens is 328 g/mol. The number of carbonyl (C=O) groups excluding carboxylic acids is 1. The molecule has 140 valence electrons. The van der Waals surface area contributed by atoms with E-state index in [4.69, 9.17) is 4.74 Å². The van der Waals surface area contributed by atoms with Crippen LogP contribution in [0.2, 0.25) is 0 Å². The Bertz CT molecular complexity index is 728. The quantitative estimate of drug-likeness (QED) is 0.775. The first-order chi connectivity index (χ1) is 12.7. The molecule has 1 aromatic carbocycles. The predicted molar refractivity (Wildman–Crippen MR) is 102 cm³/mol. The molecule has 1 saturated heterocycles. The first-order valence-corrected chi connectivity index (χ1v) is 9.35. The molecule has 1 fully saturated rings. The number of benzene rings is 1. The summed E-state index contributed by atoms with van der Waals surface area (Å²) in [6.45, 7) is 5.91. The zero-order valence-corrected chi connectivity index (χ0v) is 15.6. The second-order valence-electron chi connectivity index (χ2n) is 6.82. The monoisotopic (exact) mass is 356 g/mol. The normalized spacial score (nSPS) is 17.8. The van der Waals surface area contributed by atoms with Crippen LogP contribution in [0.15, 0.2) is 36.5 Å². The molecule has 0 bridgehead atoms. The van der Waals surface area contributed by atoms with Crippen molar-refractivity contribution in [2.24, 2.45) is 0 Å². The summed E-state index contributed by atoms with van der Waals surface area (Å²) >= 11 is 0. The number of rotatable bonds is 7. The van der Waals surface area contributed by atoms with E-state index in [1.54, 1.807) is 13.1 Å². The number of hydrogen-bond donors (Lipinski definition) is 1. The van der Waals surface area contributed by atoms with Gasteiger partial charge < -0.3 is 15.0 Å². The van der Waals surface area contributed by atoms with Gasteiger partial charge in [-0.15, -0.1) is 0 Å². The smallest absolute Gasteiger partial charge is 0.271 e. The van der Waals surface area contributed by atoms with Crippen molar-refractivity contribution in [2.75, 3.05) is 33.3 Å². The van der Waals surface area contributed by atoms with Crippen molar-refractivity contribution in [1.29, 1.82) is 0 Å². The van der Waals surface area contributed by atoms with Crippen LogP contribution in [0.5, 0.6) is 5.75 Å². The third-order valence-electron chi connectivity index (χ3n) is 4.89. The molecule has 1 aliphatic heterocycles. The number of nitrogens with zero attached hydrogens (tertiary/aromatic N) is 3. The van der Waals surface area contributed by atoms with Crippen molar-refractivity contribution in [1.82, 2.24) is 20.0 Å². The number of carbonyl (C=O) groups is 1. The zero-order valence-electron chi connectivity index (χ0n) is 15.6. The lowest BCUT2D eigenvalue weighted by Crippen LogP contribution is -2.37. The largest absolute Gasteiger partial charge is 0.493 e. The molecule has 1 N–H and O–H groups in total. The van der Waals surface area contributed by atoms with E-state index in [9.17, 15) is 4.79 Å². The van der Waals surface area contributed by atoms with Crippen LogP contribution in [-0.4, -0.2) is 53.9 Å². The Hall–Kier alpha value is -2.34. The average Bonchev–Trinajstić information content (AvgIpc) is 3.16. The van der Waals surface area contributed by atoms with Gasteiger partial charge in [0.2, 0.25) is 0 Å². The van der Waals surface area contributed by atoms with Gasteiger partial charge in [0.05, 0.1) is 12.6 Å². The van der Waals surface area contributed by atoms with Crippen LogP contribution in [0.4, 0.5) is 0 Å². The second kappa shape index (κ2) is 8.85. The number of amides is 1. The highest BCUT2D eigenvalue weighted by Crippen LogP contribution is 2.21. The Morgan fingerprint density at radius 3 is 3.00 bits per heavy atom. The van der Waals surface area contributed by atoms with Crippen LogP contribution in [-0.2, 0) is 0 Å². The van der Waals surface area contributed by atoms with Gasteiger partial charge in [0.15, 0.2) is 0 Å². The minimum Gasteiger partial charge on any atom is -0.493 e. The molecule has 1 aromatic heterocycles. The van der Waals surface area contributed by atoms with Gasteiger partial charge in [-0.25, -0.2) is 0 Å². The van der Waals surface area contributed by atoms with E-state index in [1.807, 2.05) is 29.1 Å². The highest BCUT2D eigenvalue weighted by Gasteiger charge is 2.22. The van der Waals surface area contributed by atoms with Crippen molar-refractivity contribution in [3.8, 4) is 5.75 Å². The molecule has 1 atom stereocenters. The fourth-order valence-corrected chi connectivity index (χ4v) is 3.43. The summed E-state index contributed by atoms with van der Waals surface area (Å²) in [6, 6.07) is 10.2. The Morgan fingerprint density at radius 2 is 2.19 bits per heavy atom. The van der Waals surface area contributed by atoms with E-state index in [0.717, 1.165) is 51.3 Å². The molecule has 6 nitrogen and oxygen atoms in total. The van der Waals surface area contributed by atoms with Crippen molar-refractivity contribution in [2.45, 2.75) is 32.2 Å². The van der Waals surface area contributed by atoms with E-state index >= 15 is 0 Å². The molecular formula is C20H28N4O2. The fourth-order valence-electron chi connectivity index (χ4n) is 3.43. The number of piperidine rings is 1. The van der Waals surface area contributed by atoms with Crippen LogP contribution in [0, 0.1) is 6.92 Å². The summed E-state index contributed by atoms with van der Waals surface area (Å²) in [7, 11) is 1.63. The van der Waals surface area contributed by atoms with E-state index in [2.05, 4.69) is 28.3 Å². The molecule has 2 heterocycles. The molecule has 0 unspecified atom stereocenters. The van der Waals surface area contributed by atoms with Gasteiger partial charge in [0, 0.05) is 26.3 Å². The number of nitrogens with one attached hydrogen (secondary N) is 1. The van der Waals surface area contributed by atoms with Gasteiger partial charge in [0.1, 0.15) is 11.4 Å². The van der Waals surface area contributed by atoms with Gasteiger partial charge in [0.25, 0.3) is 5.91 Å². The van der Waals surface area contributed by atoms with E-state index in [0.29, 0.717) is 11.7 Å². The van der Waals surface area contributed by atoms with E-state index in [-0.39, 0.29) is 5.91 Å². The van der Waals surface area contributed by atoms with Gasteiger partial charge >= 0.3 is 0 Å². The lowest BCUT2D eigenvalue weighted by Gasteiger charge is -2.32. The van der Waals surface area contributed by atoms with Crippen molar-refractivity contribution in [3.63, 3.8) is 0 Å². The first-order valence-electron chi connectivity index (χ1n) is 9.35. The maximum atomic E-state index is 11.7. The summed E-state index contributed by atoms with van der Waals surface area (Å²) in [4.78, 5) is 14.1. The van der Waals surface area contributed by atoms with Gasteiger partial charge in [-0.3, -0.25) is 9.48 Å². The molecule has 6 heteroatoms. The molecule has 3 rings (SSSR count). The topological polar surface area (TPSA) is 59.4 Å².